The fourth-order valence-corrected chi connectivity index (χ4v) is 2.61. The van der Waals surface area contributed by atoms with Crippen molar-refractivity contribution in [3.8, 4) is 0 Å². The van der Waals surface area contributed by atoms with Crippen LogP contribution in [0.1, 0.15) is 12.0 Å². The summed E-state index contributed by atoms with van der Waals surface area (Å²) >= 11 is 0. The molecule has 3 aromatic rings. The molecule has 0 radical (unpaired) electrons. The predicted molar refractivity (Wildman–Crippen MR) is 86.2 cm³/mol. The number of benzene rings is 2. The molecule has 2 nitrogen and oxygen atoms in total. The van der Waals surface area contributed by atoms with Crippen molar-refractivity contribution < 1.29 is 0 Å². The lowest BCUT2D eigenvalue weighted by Crippen LogP contribution is -2.05. The summed E-state index contributed by atoms with van der Waals surface area (Å²) in [7, 11) is 0. The lowest BCUT2D eigenvalue weighted by atomic mass is 10.1. The minimum absolute atomic E-state index is 0.996. The molecule has 20 heavy (non-hydrogen) atoms. The lowest BCUT2D eigenvalue weighted by Gasteiger charge is -2.08. The van der Waals surface area contributed by atoms with Crippen LogP contribution in [-0.4, -0.2) is 11.1 Å². The van der Waals surface area contributed by atoms with Crippen LogP contribution in [-0.2, 0) is 6.54 Å². The van der Waals surface area contributed by atoms with E-state index in [1.54, 1.807) is 0 Å². The van der Waals surface area contributed by atoms with E-state index >= 15 is 0 Å². The third-order valence-corrected chi connectivity index (χ3v) is 3.71. The molecule has 1 N–H and O–H groups in total. The van der Waals surface area contributed by atoms with Crippen LogP contribution in [0.5, 0.6) is 0 Å². The van der Waals surface area contributed by atoms with E-state index in [0.717, 1.165) is 19.5 Å². The van der Waals surface area contributed by atoms with Gasteiger partial charge in [0, 0.05) is 35.9 Å². The van der Waals surface area contributed by atoms with Crippen LogP contribution in [0.25, 0.3) is 10.9 Å². The van der Waals surface area contributed by atoms with Gasteiger partial charge in [0.1, 0.15) is 0 Å². The van der Waals surface area contributed by atoms with E-state index in [0.29, 0.717) is 0 Å². The molecule has 1 aromatic heterocycles. The molecule has 3 rings (SSSR count). The highest BCUT2D eigenvalue weighted by atomic mass is 15.0. The number of anilines is 1. The van der Waals surface area contributed by atoms with Gasteiger partial charge in [-0.05, 0) is 43.2 Å². The molecule has 1 heterocycles. The minimum Gasteiger partial charge on any atom is -0.385 e. The zero-order valence-electron chi connectivity index (χ0n) is 11.8. The highest BCUT2D eigenvalue weighted by Gasteiger charge is 2.02. The van der Waals surface area contributed by atoms with Gasteiger partial charge in [0.2, 0.25) is 0 Å². The number of fused-ring (bicyclic) bond motifs is 1. The molecular weight excluding hydrogens is 244 g/mol. The molecule has 0 atom stereocenters. The van der Waals surface area contributed by atoms with Crippen molar-refractivity contribution in [3.05, 3.63) is 66.4 Å². The molecular formula is C18H20N2. The smallest absolute Gasteiger partial charge is 0.0482 e. The van der Waals surface area contributed by atoms with Crippen LogP contribution in [0.4, 0.5) is 5.69 Å². The fourth-order valence-electron chi connectivity index (χ4n) is 2.61. The first kappa shape index (κ1) is 12.8. The third-order valence-electron chi connectivity index (χ3n) is 3.71. The van der Waals surface area contributed by atoms with Gasteiger partial charge in [0.15, 0.2) is 0 Å². The van der Waals surface area contributed by atoms with Gasteiger partial charge < -0.3 is 9.88 Å². The van der Waals surface area contributed by atoms with Crippen molar-refractivity contribution in [1.82, 2.24) is 4.57 Å². The molecule has 0 aliphatic heterocycles. The molecule has 2 heteroatoms. The molecule has 0 saturated heterocycles. The fraction of sp³-hybridized carbons (Fsp3) is 0.222. The Balaban J connectivity index is 1.59. The number of nitrogens with one attached hydrogen (secondary N) is 1. The second-order valence-electron chi connectivity index (χ2n) is 5.16. The number of aryl methyl sites for hydroxylation is 2. The second kappa shape index (κ2) is 5.83. The Morgan fingerprint density at radius 1 is 0.950 bits per heavy atom. The van der Waals surface area contributed by atoms with Gasteiger partial charge in [-0.3, -0.25) is 0 Å². The third kappa shape index (κ3) is 2.69. The van der Waals surface area contributed by atoms with Gasteiger partial charge in [-0.25, -0.2) is 0 Å². The van der Waals surface area contributed by atoms with E-state index in [2.05, 4.69) is 71.5 Å². The van der Waals surface area contributed by atoms with Crippen LogP contribution >= 0.6 is 0 Å². The first-order valence-corrected chi connectivity index (χ1v) is 7.18. The summed E-state index contributed by atoms with van der Waals surface area (Å²) in [5.41, 5.74) is 3.88. The van der Waals surface area contributed by atoms with E-state index in [-0.39, 0.29) is 0 Å². The Labute approximate surface area is 120 Å². The quantitative estimate of drug-likeness (QED) is 0.674. The topological polar surface area (TPSA) is 17.0 Å². The summed E-state index contributed by atoms with van der Waals surface area (Å²) < 4.78 is 2.34. The maximum absolute atomic E-state index is 3.45. The van der Waals surface area contributed by atoms with Crippen LogP contribution in [0.15, 0.2) is 60.8 Å². The Morgan fingerprint density at radius 2 is 1.80 bits per heavy atom. The summed E-state index contributed by atoms with van der Waals surface area (Å²) in [4.78, 5) is 0. The van der Waals surface area contributed by atoms with E-state index in [1.165, 1.54) is 22.2 Å². The Hall–Kier alpha value is -2.22. The monoisotopic (exact) mass is 264 g/mol. The molecule has 0 spiro atoms. The van der Waals surface area contributed by atoms with Crippen molar-refractivity contribution in [1.29, 1.82) is 0 Å². The highest BCUT2D eigenvalue weighted by molar-refractivity contribution is 5.83. The van der Waals surface area contributed by atoms with Crippen LogP contribution < -0.4 is 5.32 Å². The SMILES string of the molecule is Cc1cccc2c1ccn2CCCNc1ccccc1. The first-order valence-electron chi connectivity index (χ1n) is 7.18. The number of nitrogens with zero attached hydrogens (tertiary/aromatic N) is 1. The number of para-hydroxylation sites is 1. The zero-order chi connectivity index (χ0) is 13.8. The van der Waals surface area contributed by atoms with Gasteiger partial charge in [0.25, 0.3) is 0 Å². The minimum atomic E-state index is 0.996. The van der Waals surface area contributed by atoms with Crippen molar-refractivity contribution in [2.45, 2.75) is 19.9 Å². The molecule has 0 unspecified atom stereocenters. The van der Waals surface area contributed by atoms with Crippen LogP contribution in [0.3, 0.4) is 0 Å². The van der Waals surface area contributed by atoms with Crippen LogP contribution in [0, 0.1) is 6.92 Å². The Kier molecular flexibility index (Phi) is 3.73. The first-order chi connectivity index (χ1) is 9.84. The molecule has 0 fully saturated rings. The second-order valence-corrected chi connectivity index (χ2v) is 5.16. The van der Waals surface area contributed by atoms with E-state index in [9.17, 15) is 0 Å². The standard InChI is InChI=1S/C18H20N2/c1-15-7-5-10-18-17(15)11-14-20(18)13-6-12-19-16-8-3-2-4-9-16/h2-5,7-11,14,19H,6,12-13H2,1H3. The van der Waals surface area contributed by atoms with Crippen molar-refractivity contribution in [2.24, 2.45) is 0 Å². The molecule has 2 aromatic carbocycles. The number of aromatic nitrogens is 1. The van der Waals surface area contributed by atoms with Crippen LogP contribution in [0.2, 0.25) is 0 Å². The maximum atomic E-state index is 3.45. The van der Waals surface area contributed by atoms with Gasteiger partial charge in [-0.15, -0.1) is 0 Å². The average molecular weight is 264 g/mol. The van der Waals surface area contributed by atoms with Gasteiger partial charge >= 0.3 is 0 Å². The molecule has 0 aliphatic carbocycles. The summed E-state index contributed by atoms with van der Waals surface area (Å²) in [6.45, 7) is 4.21. The van der Waals surface area contributed by atoms with E-state index in [4.69, 9.17) is 0 Å². The van der Waals surface area contributed by atoms with Crippen molar-refractivity contribution in [3.63, 3.8) is 0 Å². The lowest BCUT2D eigenvalue weighted by molar-refractivity contribution is 0.683. The Bertz CT molecular complexity index is 683. The average Bonchev–Trinajstić information content (AvgIpc) is 2.90. The normalized spacial score (nSPS) is 10.8. The summed E-state index contributed by atoms with van der Waals surface area (Å²) in [6.07, 6.45) is 3.31. The zero-order valence-corrected chi connectivity index (χ0v) is 11.8. The van der Waals surface area contributed by atoms with Gasteiger partial charge in [-0.2, -0.15) is 0 Å². The van der Waals surface area contributed by atoms with E-state index in [1.807, 2.05) is 6.07 Å². The molecule has 0 bridgehead atoms. The van der Waals surface area contributed by atoms with E-state index < -0.39 is 0 Å². The molecule has 0 amide bonds. The summed E-state index contributed by atoms with van der Waals surface area (Å²) in [5, 5.41) is 4.82. The summed E-state index contributed by atoms with van der Waals surface area (Å²) in [6, 6.07) is 19.1. The van der Waals surface area contributed by atoms with Gasteiger partial charge in [-0.1, -0.05) is 30.3 Å². The Morgan fingerprint density at radius 3 is 2.65 bits per heavy atom. The van der Waals surface area contributed by atoms with Crippen molar-refractivity contribution >= 4 is 16.6 Å². The maximum Gasteiger partial charge on any atom is 0.0482 e. The molecule has 0 saturated carbocycles. The largest absolute Gasteiger partial charge is 0.385 e. The number of hydrogen-bond acceptors (Lipinski definition) is 1. The highest BCUT2D eigenvalue weighted by Crippen LogP contribution is 2.19. The van der Waals surface area contributed by atoms with Crippen molar-refractivity contribution in [2.75, 3.05) is 11.9 Å². The summed E-state index contributed by atoms with van der Waals surface area (Å²) in [5.74, 6) is 0. The number of hydrogen-bond donors (Lipinski definition) is 1. The number of rotatable bonds is 5. The molecule has 0 aliphatic rings. The van der Waals surface area contributed by atoms with Gasteiger partial charge in [0.05, 0.1) is 0 Å². The predicted octanol–water partition coefficient (Wildman–Crippen LogP) is 4.45. The molecule has 102 valence electrons.